The van der Waals surface area contributed by atoms with Crippen molar-refractivity contribution in [2.24, 2.45) is 49.3 Å². The number of hydrogen-bond acceptors (Lipinski definition) is 38. The average molecular weight is 2350 g/mol. The summed E-state index contributed by atoms with van der Waals surface area (Å²) in [5, 5.41) is 34.7. The zero-order chi connectivity index (χ0) is 108. The second-order valence-electron chi connectivity index (χ2n) is 28.6. The van der Waals surface area contributed by atoms with E-state index in [1.165, 1.54) is 40.0 Å². The maximum absolute atomic E-state index is 13.5. The van der Waals surface area contributed by atoms with E-state index in [-0.39, 0.29) is 43.0 Å². The van der Waals surface area contributed by atoms with Crippen LogP contribution in [0.15, 0.2) is 22.0 Å². The van der Waals surface area contributed by atoms with Crippen molar-refractivity contribution in [3.63, 3.8) is 0 Å². The number of thiazole rings is 4. The lowest BCUT2D eigenvalue weighted by atomic mass is 10.2. The number of carbonyl (C=O) groups excluding carboxylic acids is 13. The van der Waals surface area contributed by atoms with Gasteiger partial charge in [0.15, 0.2) is 5.82 Å². The lowest BCUT2D eigenvalue weighted by Crippen LogP contribution is -2.29. The molecule has 0 aliphatic carbocycles. The summed E-state index contributed by atoms with van der Waals surface area (Å²) in [5.74, 6) is -4.03. The van der Waals surface area contributed by atoms with Crippen LogP contribution in [0.1, 0.15) is 177 Å². The molecular weight excluding hydrogens is 2230 g/mol. The number of ether oxygens (including phenoxy) is 9. The number of alkyl halides is 4. The van der Waals surface area contributed by atoms with E-state index in [0.717, 1.165) is 127 Å². The number of esters is 3. The summed E-state index contributed by atoms with van der Waals surface area (Å²) in [4.78, 5) is 147. The monoisotopic (exact) mass is 2350 g/mol. The molecule has 0 fully saturated rings. The summed E-state index contributed by atoms with van der Waals surface area (Å²) in [6, 6.07) is 4.02. The molecule has 11 heterocycles. The molecule has 0 saturated heterocycles. The third-order valence-electron chi connectivity index (χ3n) is 18.3. The number of nitrogens with zero attached hydrogens (tertiary/aromatic N) is 19. The van der Waals surface area contributed by atoms with Crippen LogP contribution >= 0.6 is 106 Å². The fourth-order valence-corrected chi connectivity index (χ4v) is 15.6. The highest BCUT2D eigenvalue weighted by molar-refractivity contribution is 14.1. The normalized spacial score (nSPS) is 9.91. The summed E-state index contributed by atoms with van der Waals surface area (Å²) in [6.45, 7) is 41.3. The van der Waals surface area contributed by atoms with Crippen LogP contribution < -0.4 is 0 Å². The van der Waals surface area contributed by atoms with E-state index in [1.807, 2.05) is 162 Å². The first-order chi connectivity index (χ1) is 66.5. The van der Waals surface area contributed by atoms with Gasteiger partial charge in [-0.05, 0) is 223 Å². The number of rotatable bonds is 35. The van der Waals surface area contributed by atoms with E-state index < -0.39 is 24.0 Å². The van der Waals surface area contributed by atoms with Crippen molar-refractivity contribution in [1.29, 1.82) is 0 Å². The zero-order valence-corrected chi connectivity index (χ0v) is 92.9. The Labute approximate surface area is 867 Å². The molecular formula is C89H124BrF4I2N19O22S4. The molecule has 141 heavy (non-hydrogen) atoms. The fourth-order valence-electron chi connectivity index (χ4n) is 10.8. The van der Waals surface area contributed by atoms with Crippen LogP contribution in [0.5, 0.6) is 0 Å². The van der Waals surface area contributed by atoms with Gasteiger partial charge in [-0.3, -0.25) is 71.1 Å². The molecule has 0 aliphatic heterocycles. The van der Waals surface area contributed by atoms with Crippen molar-refractivity contribution in [1.82, 2.24) is 93.4 Å². The van der Waals surface area contributed by atoms with Crippen LogP contribution in [-0.2, 0) is 212 Å². The van der Waals surface area contributed by atoms with E-state index >= 15 is 0 Å². The van der Waals surface area contributed by atoms with Gasteiger partial charge in [0.05, 0.1) is 149 Å². The average Bonchev–Trinajstić information content (AvgIpc) is 1.68. The predicted molar refractivity (Wildman–Crippen MR) is 533 cm³/mol. The Kier molecular flexibility index (Phi) is 68.7. The fraction of sp³-hybridized carbons (Fsp3) is 0.517. The maximum Gasteiger partial charge on any atom is 0.385 e. The number of aromatic nitrogens is 19. The topological polar surface area (TPSA) is 494 Å². The minimum atomic E-state index is -3.65. The molecule has 41 nitrogen and oxygen atoms in total. The third kappa shape index (κ3) is 52.8. The lowest BCUT2D eigenvalue weighted by Gasteiger charge is -2.12. The van der Waals surface area contributed by atoms with Crippen molar-refractivity contribution in [3.8, 4) is 0 Å². The molecule has 11 aromatic heterocycles. The predicted octanol–water partition coefficient (Wildman–Crippen LogP) is 13.1. The van der Waals surface area contributed by atoms with Crippen LogP contribution in [0, 0.1) is 118 Å². The van der Waals surface area contributed by atoms with Crippen LogP contribution in [0.4, 0.5) is 17.6 Å². The Morgan fingerprint density at radius 2 is 0.844 bits per heavy atom. The molecule has 0 amide bonds. The molecule has 780 valence electrons. The second-order valence-corrected chi connectivity index (χ2v) is 36.9. The van der Waals surface area contributed by atoms with E-state index in [2.05, 4.69) is 162 Å². The van der Waals surface area contributed by atoms with Crippen LogP contribution in [-0.4, -0.2) is 222 Å². The molecule has 52 heteroatoms. The Bertz CT molecular complexity index is 5350. The summed E-state index contributed by atoms with van der Waals surface area (Å²) < 4.78 is 108. The number of aryl methyl sites for hydroxylation is 19. The molecule has 0 N–H and O–H groups in total. The zero-order valence-electron chi connectivity index (χ0n) is 83.8. The highest BCUT2D eigenvalue weighted by Gasteiger charge is 2.46. The maximum atomic E-state index is 13.5. The van der Waals surface area contributed by atoms with Crippen molar-refractivity contribution < 1.29 is 123 Å². The van der Waals surface area contributed by atoms with Gasteiger partial charge in [-0.2, -0.15) is 63.6 Å². The quantitative estimate of drug-likeness (QED) is 0.00889. The Balaban J connectivity index is 0. The van der Waals surface area contributed by atoms with Gasteiger partial charge in [0.2, 0.25) is 0 Å². The molecule has 0 unspecified atom stereocenters. The van der Waals surface area contributed by atoms with E-state index in [9.17, 15) is 60.7 Å². The number of carbonyl (C=O) groups is 9. The van der Waals surface area contributed by atoms with Gasteiger partial charge in [0.25, 0.3) is 45.3 Å². The van der Waals surface area contributed by atoms with Gasteiger partial charge in [0.1, 0.15) is 17.2 Å². The number of hydrogen-bond donors (Lipinski definition) is 0. The summed E-state index contributed by atoms with van der Waals surface area (Å²) >= 11 is 13.6. The highest BCUT2D eigenvalue weighted by atomic mass is 127. The highest BCUT2D eigenvalue weighted by Crippen LogP contribution is 2.34. The number of halogens is 7. The molecule has 0 spiro atoms. The first kappa shape index (κ1) is 132. The van der Waals surface area contributed by atoms with Gasteiger partial charge in [-0.25, -0.2) is 38.5 Å². The smallest absolute Gasteiger partial charge is 0.385 e. The van der Waals surface area contributed by atoms with Crippen molar-refractivity contribution >= 4 is 176 Å². The van der Waals surface area contributed by atoms with Gasteiger partial charge in [0, 0.05) is 136 Å². The van der Waals surface area contributed by atoms with Crippen molar-refractivity contribution in [2.45, 2.75) is 202 Å². The van der Waals surface area contributed by atoms with Gasteiger partial charge >= 0.3 is 36.1 Å². The first-order valence-corrected chi connectivity index (χ1v) is 48.8. The van der Waals surface area contributed by atoms with Crippen molar-refractivity contribution in [2.75, 3.05) is 59.5 Å². The molecule has 0 saturated carbocycles. The van der Waals surface area contributed by atoms with E-state index in [1.54, 1.807) is 71.3 Å². The summed E-state index contributed by atoms with van der Waals surface area (Å²) in [7, 11) is 13.3. The van der Waals surface area contributed by atoms with Crippen LogP contribution in [0.25, 0.3) is 0 Å². The molecule has 0 aromatic carbocycles. The molecule has 0 radical (unpaired) electrons. The van der Waals surface area contributed by atoms with E-state index in [4.69, 9.17) is 28.7 Å². The first-order valence-electron chi connectivity index (χ1n) is 42.5. The lowest BCUT2D eigenvalue weighted by molar-refractivity contribution is -0.193. The minimum absolute atomic E-state index is 0.0671. The van der Waals surface area contributed by atoms with Crippen molar-refractivity contribution in [3.05, 3.63) is 172 Å². The molecule has 11 rings (SSSR count). The van der Waals surface area contributed by atoms with Gasteiger partial charge in [-0.1, -0.05) is 0 Å². The molecule has 0 bridgehead atoms. The minimum Gasteiger partial charge on any atom is -0.468 e. The largest absolute Gasteiger partial charge is 0.468 e. The third-order valence-corrected chi connectivity index (χ3v) is 25.9. The second kappa shape index (κ2) is 73.6. The summed E-state index contributed by atoms with van der Waals surface area (Å²) in [6.07, 6.45) is 3.60. The molecule has 0 atom stereocenters. The standard InChI is InChI=1S/C9H11F2NO2S.2C9H14N2O2.C9H13NO2S.C8H11BrN2O2.C8H11IN2O2.C8H12N2O2.C8H11NO2S.C7H11N3O2.C6H7F2NS.C6H9IN2.2CO2/c1-4-14-8(13)9(10,11)7-5(2)15-6(3)12-7;1-7-8(2)11(3)10-9(7)4-5-13-6-12;1-8-6-9(10-11(8)2)4-3-5-13-7-12;1-4-12-9(11)5-8-6(2)13-7(3)10-8;2*1-6-8(9)7(10-11(6)2)3-4-13-5-12;1-7-5-8(9-10(7)2)3-4-12-6-11;1-3-11-8(10)4-7-5-12-6(2)9-7;1-6-8-7(9-10(6)2)3-4-12-5-11;1-3-5(6(7)8)9-4(2)10-3;1-4-6(7)5(2)9(3)8-4;2*2-1-3/h4H2,1-3H3;6H,4-5H2,1-3H3;6-7H,3-5H2,1-2H3;4-5H2,1-3H3;2*5H,3-4H2,1-2H3;5-6H,3-4H2,1-2H3;2*5H,3-4H2,1-2H3;6H,1-2H3;1-3H3;;. The van der Waals surface area contributed by atoms with Crippen LogP contribution in [0.3, 0.4) is 0 Å². The molecule has 0 aliphatic rings. The SMILES string of the molecule is CCOC(=O)C(F)(F)c1nc(C)sc1C.CCOC(=O)Cc1csc(C)n1.CCOC(=O)Cc1nc(C)sc1C.Cc1c(Br)c(CCOC=O)nn1C.Cc1c(CCOC=O)nn(C)c1C.Cc1c(I)c(CCOC=O)nn1C.Cc1cc(CCCOC=O)nn1C.Cc1cc(CCOC=O)nn1C.Cc1nc(C(F)F)c(C)s1.Cc1nc(CCOC=O)nn1C.Cc1nn(C)c(C)c1I.O=C=O.O=C=O. The Morgan fingerprint density at radius 1 is 0.433 bits per heavy atom. The van der Waals surface area contributed by atoms with Gasteiger partial charge < -0.3 is 42.6 Å². The Morgan fingerprint density at radius 3 is 1.19 bits per heavy atom. The Hall–Kier alpha value is -11.4. The summed E-state index contributed by atoms with van der Waals surface area (Å²) in [5.41, 5.74) is 15.2. The van der Waals surface area contributed by atoms with E-state index in [0.29, 0.717) is 156 Å². The van der Waals surface area contributed by atoms with Gasteiger partial charge in [-0.15, -0.1) is 45.3 Å². The van der Waals surface area contributed by atoms with Crippen LogP contribution in [0.2, 0.25) is 0 Å². The molecule has 11 aromatic rings.